The van der Waals surface area contributed by atoms with Gasteiger partial charge in [0.25, 0.3) is 0 Å². The van der Waals surface area contributed by atoms with E-state index in [4.69, 9.17) is 15.5 Å². The highest BCUT2D eigenvalue weighted by molar-refractivity contribution is 5.86. The summed E-state index contributed by atoms with van der Waals surface area (Å²) in [6.45, 7) is 4.86. The van der Waals surface area contributed by atoms with Crippen LogP contribution in [-0.2, 0) is 16.1 Å². The number of benzene rings is 1. The van der Waals surface area contributed by atoms with Crippen LogP contribution >= 0.6 is 37.2 Å². The average molecular weight is 701 g/mol. The highest BCUT2D eigenvalue weighted by atomic mass is 35.5. The van der Waals surface area contributed by atoms with Gasteiger partial charge in [-0.3, -0.25) is 9.69 Å². The second-order valence-electron chi connectivity index (χ2n) is 12.6. The van der Waals surface area contributed by atoms with Gasteiger partial charge in [0.2, 0.25) is 11.9 Å². The number of anilines is 2. The number of halogens is 3. The fraction of sp³-hybridized carbons (Fsp3) is 0.676. The van der Waals surface area contributed by atoms with Crippen LogP contribution in [0.25, 0.3) is 0 Å². The highest BCUT2D eigenvalue weighted by Crippen LogP contribution is 2.31. The molecule has 5 rings (SSSR count). The Morgan fingerprint density at radius 1 is 0.913 bits per heavy atom. The number of carbonyl (C=O) groups excluding carboxylic acids is 1. The van der Waals surface area contributed by atoms with E-state index in [2.05, 4.69) is 31.5 Å². The van der Waals surface area contributed by atoms with Crippen LogP contribution in [0.5, 0.6) is 0 Å². The molecule has 46 heavy (non-hydrogen) atoms. The van der Waals surface area contributed by atoms with Crippen molar-refractivity contribution in [2.45, 2.75) is 114 Å². The zero-order valence-electron chi connectivity index (χ0n) is 27.2. The molecular formula is C34H56Cl3N7O2. The van der Waals surface area contributed by atoms with Gasteiger partial charge < -0.3 is 26.0 Å². The molecule has 1 amide bonds. The maximum absolute atomic E-state index is 12.9. The number of hydrogen-bond acceptors (Lipinski definition) is 8. The largest absolute Gasteiger partial charge is 0.377 e. The van der Waals surface area contributed by atoms with E-state index in [0.717, 1.165) is 56.2 Å². The van der Waals surface area contributed by atoms with Gasteiger partial charge in [0, 0.05) is 50.6 Å². The van der Waals surface area contributed by atoms with Crippen molar-refractivity contribution < 1.29 is 9.53 Å². The molecule has 1 aromatic heterocycles. The van der Waals surface area contributed by atoms with Crippen LogP contribution in [0.15, 0.2) is 42.6 Å². The lowest BCUT2D eigenvalue weighted by atomic mass is 9.87. The Bertz CT molecular complexity index is 1110. The quantitative estimate of drug-likeness (QED) is 0.214. The Labute approximate surface area is 294 Å². The Kier molecular flexibility index (Phi) is 19.2. The van der Waals surface area contributed by atoms with E-state index in [0.29, 0.717) is 38.3 Å². The summed E-state index contributed by atoms with van der Waals surface area (Å²) in [4.78, 5) is 27.6. The minimum absolute atomic E-state index is 0. The summed E-state index contributed by atoms with van der Waals surface area (Å²) >= 11 is 0. The van der Waals surface area contributed by atoms with Gasteiger partial charge in [-0.25, -0.2) is 4.98 Å². The summed E-state index contributed by atoms with van der Waals surface area (Å²) in [6, 6.07) is 12.7. The van der Waals surface area contributed by atoms with Crippen molar-refractivity contribution in [3.8, 4) is 0 Å². The van der Waals surface area contributed by atoms with Gasteiger partial charge in [-0.1, -0.05) is 62.4 Å². The molecule has 0 radical (unpaired) electrons. The zero-order chi connectivity index (χ0) is 29.7. The number of carbonyl (C=O) groups is 1. The van der Waals surface area contributed by atoms with Crippen LogP contribution in [0.2, 0.25) is 0 Å². The molecule has 12 heteroatoms. The lowest BCUT2D eigenvalue weighted by Crippen LogP contribution is -2.56. The third-order valence-electron chi connectivity index (χ3n) is 9.51. The van der Waals surface area contributed by atoms with Crippen molar-refractivity contribution >= 4 is 54.9 Å². The van der Waals surface area contributed by atoms with Gasteiger partial charge in [-0.15, -0.1) is 37.2 Å². The van der Waals surface area contributed by atoms with Crippen LogP contribution < -0.4 is 21.3 Å². The lowest BCUT2D eigenvalue weighted by Gasteiger charge is -2.47. The third kappa shape index (κ3) is 12.3. The van der Waals surface area contributed by atoms with E-state index >= 15 is 0 Å². The number of likely N-dealkylation sites (tertiary alicyclic amines) is 1. The number of amides is 1. The Morgan fingerprint density at radius 2 is 1.63 bits per heavy atom. The molecule has 2 unspecified atom stereocenters. The number of nitrogens with zero attached hydrogens (tertiary/aromatic N) is 4. The van der Waals surface area contributed by atoms with E-state index < -0.39 is 6.04 Å². The molecule has 4 N–H and O–H groups in total. The minimum Gasteiger partial charge on any atom is -0.377 e. The molecule has 2 aliphatic heterocycles. The van der Waals surface area contributed by atoms with Crippen molar-refractivity contribution in [2.75, 3.05) is 43.0 Å². The van der Waals surface area contributed by atoms with Gasteiger partial charge in [0.1, 0.15) is 5.82 Å². The molecule has 0 bridgehead atoms. The molecule has 9 nitrogen and oxygen atoms in total. The molecule has 3 fully saturated rings. The molecular weight excluding hydrogens is 645 g/mol. The first kappa shape index (κ1) is 40.3. The standard InChI is InChI=1S/C34H53N7O2.3ClH/c35-29(19-25-43-26-27-12-5-3-6-13-27)33(42)36-20-17-31-30(16-11-24-41(31)28-14-7-4-8-15-28)38-34-37-21-18-32(39-34)40-22-9-1-2-10-23-40;;;/h3,5-6,12-13,18,21,28-31H,1-2,4,7-11,14-17,19-20,22-26,35H2,(H,36,42)(H,37,38,39);3*1H/t29-,30?,31?;;;/m0.../s1. The van der Waals surface area contributed by atoms with Crippen LogP contribution in [0.1, 0.15) is 89.0 Å². The molecule has 0 spiro atoms. The Hall–Kier alpha value is -1.88. The van der Waals surface area contributed by atoms with Gasteiger partial charge >= 0.3 is 0 Å². The number of hydrogen-bond donors (Lipinski definition) is 3. The molecule has 1 saturated carbocycles. The Balaban J connectivity index is 0.00000245. The fourth-order valence-electron chi connectivity index (χ4n) is 7.12. The SMILES string of the molecule is Cl.Cl.Cl.N[C@@H](CCOCc1ccccc1)C(=O)NCCC1C(Nc2nccc(N3CCCCCC3)n2)CCCN1C1CCCCC1. The summed E-state index contributed by atoms with van der Waals surface area (Å²) in [5.41, 5.74) is 7.36. The normalized spacial score (nSPS) is 21.5. The van der Waals surface area contributed by atoms with Gasteiger partial charge in [0.05, 0.1) is 12.6 Å². The molecule has 3 atom stereocenters. The Morgan fingerprint density at radius 3 is 2.37 bits per heavy atom. The summed E-state index contributed by atoms with van der Waals surface area (Å²) < 4.78 is 5.76. The molecule has 1 aliphatic carbocycles. The summed E-state index contributed by atoms with van der Waals surface area (Å²) in [5, 5.41) is 6.90. The van der Waals surface area contributed by atoms with E-state index in [9.17, 15) is 4.79 Å². The number of rotatable bonds is 13. The molecule has 260 valence electrons. The molecule has 1 aromatic carbocycles. The predicted molar refractivity (Wildman–Crippen MR) is 195 cm³/mol. The van der Waals surface area contributed by atoms with E-state index in [-0.39, 0.29) is 49.2 Å². The first-order chi connectivity index (χ1) is 21.2. The van der Waals surface area contributed by atoms with Gasteiger partial charge in [-0.05, 0) is 69.5 Å². The lowest BCUT2D eigenvalue weighted by molar-refractivity contribution is -0.122. The number of aromatic nitrogens is 2. The number of piperidine rings is 1. The highest BCUT2D eigenvalue weighted by Gasteiger charge is 2.36. The van der Waals surface area contributed by atoms with Gasteiger partial charge in [-0.2, -0.15) is 4.98 Å². The van der Waals surface area contributed by atoms with Crippen LogP contribution in [0, 0.1) is 0 Å². The van der Waals surface area contributed by atoms with Crippen LogP contribution in [0.4, 0.5) is 11.8 Å². The second kappa shape index (κ2) is 21.9. The van der Waals surface area contributed by atoms with Gasteiger partial charge in [0.15, 0.2) is 0 Å². The number of nitrogens with one attached hydrogen (secondary N) is 2. The van der Waals surface area contributed by atoms with Crippen LogP contribution in [-0.4, -0.2) is 77.7 Å². The van der Waals surface area contributed by atoms with E-state index in [1.807, 2.05) is 36.5 Å². The number of ether oxygens (including phenoxy) is 1. The van der Waals surface area contributed by atoms with E-state index in [1.54, 1.807) is 0 Å². The topological polar surface area (TPSA) is 109 Å². The van der Waals surface area contributed by atoms with Crippen molar-refractivity contribution in [3.63, 3.8) is 0 Å². The third-order valence-corrected chi connectivity index (χ3v) is 9.51. The van der Waals surface area contributed by atoms with Crippen molar-refractivity contribution in [3.05, 3.63) is 48.2 Å². The van der Waals surface area contributed by atoms with E-state index in [1.165, 1.54) is 57.8 Å². The maximum atomic E-state index is 12.9. The monoisotopic (exact) mass is 699 g/mol. The fourth-order valence-corrected chi connectivity index (χ4v) is 7.12. The summed E-state index contributed by atoms with van der Waals surface area (Å²) in [7, 11) is 0. The first-order valence-corrected chi connectivity index (χ1v) is 16.9. The predicted octanol–water partition coefficient (Wildman–Crippen LogP) is 6.14. The molecule has 2 saturated heterocycles. The molecule has 3 aliphatic rings. The zero-order valence-corrected chi connectivity index (χ0v) is 29.6. The first-order valence-electron chi connectivity index (χ1n) is 16.9. The van der Waals surface area contributed by atoms with Crippen molar-refractivity contribution in [2.24, 2.45) is 5.73 Å². The number of nitrogens with two attached hydrogens (primary N) is 1. The minimum atomic E-state index is -0.569. The smallest absolute Gasteiger partial charge is 0.237 e. The van der Waals surface area contributed by atoms with Crippen molar-refractivity contribution in [1.29, 1.82) is 0 Å². The molecule has 2 aromatic rings. The molecule has 3 heterocycles. The van der Waals surface area contributed by atoms with Crippen LogP contribution in [0.3, 0.4) is 0 Å². The maximum Gasteiger partial charge on any atom is 0.237 e. The summed E-state index contributed by atoms with van der Waals surface area (Å²) in [5.74, 6) is 1.66. The average Bonchev–Trinajstić information content (AvgIpc) is 3.34. The second-order valence-corrected chi connectivity index (χ2v) is 12.6. The summed E-state index contributed by atoms with van der Waals surface area (Å²) in [6.07, 6.45) is 17.1. The van der Waals surface area contributed by atoms with Crippen molar-refractivity contribution in [1.82, 2.24) is 20.2 Å².